The van der Waals surface area contributed by atoms with E-state index >= 15 is 0 Å². The van der Waals surface area contributed by atoms with Gasteiger partial charge >= 0.3 is 0 Å². The van der Waals surface area contributed by atoms with Crippen LogP contribution in [0.5, 0.6) is 0 Å². The molecule has 0 saturated carbocycles. The van der Waals surface area contributed by atoms with Gasteiger partial charge < -0.3 is 10.1 Å². The predicted molar refractivity (Wildman–Crippen MR) is 92.8 cm³/mol. The molecule has 25 heavy (non-hydrogen) atoms. The Morgan fingerprint density at radius 1 is 1.28 bits per heavy atom. The molecular weight excluding hydrogens is 342 g/mol. The van der Waals surface area contributed by atoms with Crippen molar-refractivity contribution in [3.63, 3.8) is 0 Å². The molecule has 1 aromatic carbocycles. The summed E-state index contributed by atoms with van der Waals surface area (Å²) in [6, 6.07) is 10.2. The molecule has 0 radical (unpaired) electrons. The molecule has 0 bridgehead atoms. The number of amides is 1. The second-order valence-electron chi connectivity index (χ2n) is 5.73. The number of sulfone groups is 1. The number of carbonyl (C=O) groups excluding carboxylic acids is 1. The average molecular weight is 361 g/mol. The molecule has 1 amide bonds. The summed E-state index contributed by atoms with van der Waals surface area (Å²) in [6.07, 6.45) is 1.22. The zero-order valence-corrected chi connectivity index (χ0v) is 14.6. The third-order valence-corrected chi connectivity index (χ3v) is 5.60. The zero-order chi connectivity index (χ0) is 17.9. The molecule has 1 fully saturated rings. The zero-order valence-electron chi connectivity index (χ0n) is 13.8. The van der Waals surface area contributed by atoms with E-state index < -0.39 is 15.9 Å². The van der Waals surface area contributed by atoms with Crippen LogP contribution in [0.2, 0.25) is 0 Å². The summed E-state index contributed by atoms with van der Waals surface area (Å²) in [5, 5.41) is 10.6. The number of nitrogens with one attached hydrogen (secondary N) is 1. The van der Waals surface area contributed by atoms with Gasteiger partial charge in [-0.15, -0.1) is 10.2 Å². The molecule has 1 N–H and O–H groups in total. The van der Waals surface area contributed by atoms with E-state index in [9.17, 15) is 13.2 Å². The summed E-state index contributed by atoms with van der Waals surface area (Å²) in [4.78, 5) is 12.1. The first-order valence-corrected chi connectivity index (χ1v) is 9.74. The lowest BCUT2D eigenvalue weighted by Gasteiger charge is -2.11. The number of hydrogen-bond donors (Lipinski definition) is 1. The van der Waals surface area contributed by atoms with Crippen molar-refractivity contribution in [1.82, 2.24) is 10.2 Å². The molecule has 132 valence electrons. The fourth-order valence-corrected chi connectivity index (χ4v) is 3.29. The summed E-state index contributed by atoms with van der Waals surface area (Å²) in [5.41, 5.74) is 1.89. The van der Waals surface area contributed by atoms with Gasteiger partial charge in [0.1, 0.15) is 6.10 Å². The fourth-order valence-electron chi connectivity index (χ4n) is 2.55. The lowest BCUT2D eigenvalue weighted by Crippen LogP contribution is -2.26. The molecule has 7 nitrogen and oxygen atoms in total. The van der Waals surface area contributed by atoms with E-state index in [4.69, 9.17) is 4.74 Å². The van der Waals surface area contributed by atoms with E-state index in [1.54, 1.807) is 31.2 Å². The van der Waals surface area contributed by atoms with Crippen molar-refractivity contribution in [1.29, 1.82) is 0 Å². The maximum absolute atomic E-state index is 12.1. The van der Waals surface area contributed by atoms with Gasteiger partial charge in [-0.1, -0.05) is 19.1 Å². The molecule has 1 atom stereocenters. The number of hydrogen-bond acceptors (Lipinski definition) is 6. The molecule has 0 aliphatic carbocycles. The Labute approximate surface area is 146 Å². The van der Waals surface area contributed by atoms with Gasteiger partial charge in [0.2, 0.25) is 0 Å². The average Bonchev–Trinajstić information content (AvgIpc) is 3.17. The van der Waals surface area contributed by atoms with Crippen molar-refractivity contribution in [2.45, 2.75) is 30.9 Å². The second-order valence-corrected chi connectivity index (χ2v) is 7.96. The molecule has 1 unspecified atom stereocenters. The van der Waals surface area contributed by atoms with E-state index in [1.165, 1.54) is 6.07 Å². The normalized spacial score (nSPS) is 17.4. The Kier molecular flexibility index (Phi) is 5.10. The summed E-state index contributed by atoms with van der Waals surface area (Å²) in [5.74, 6) is -0.184. The minimum absolute atomic E-state index is 0.0220. The molecule has 0 spiro atoms. The summed E-state index contributed by atoms with van der Waals surface area (Å²) >= 11 is 0. The van der Waals surface area contributed by atoms with Gasteiger partial charge in [-0.2, -0.15) is 0 Å². The first-order chi connectivity index (χ1) is 12.0. The Morgan fingerprint density at radius 3 is 2.76 bits per heavy atom. The van der Waals surface area contributed by atoms with E-state index in [0.29, 0.717) is 18.0 Å². The van der Waals surface area contributed by atoms with Gasteiger partial charge in [-0.25, -0.2) is 8.42 Å². The number of nitrogens with zero attached hydrogens (tertiary/aromatic N) is 2. The van der Waals surface area contributed by atoms with Crippen LogP contribution in [-0.2, 0) is 19.4 Å². The van der Waals surface area contributed by atoms with Crippen LogP contribution in [0.3, 0.4) is 0 Å². The highest BCUT2D eigenvalue weighted by molar-refractivity contribution is 7.91. The Morgan fingerprint density at radius 2 is 2.12 bits per heavy atom. The number of benzene rings is 1. The van der Waals surface area contributed by atoms with Crippen molar-refractivity contribution in [2.24, 2.45) is 0 Å². The minimum atomic E-state index is -3.38. The highest BCUT2D eigenvalue weighted by Crippen LogP contribution is 2.22. The number of ether oxygens (including phenoxy) is 1. The Balaban J connectivity index is 1.78. The van der Waals surface area contributed by atoms with E-state index in [2.05, 4.69) is 15.5 Å². The molecule has 2 aromatic rings. The van der Waals surface area contributed by atoms with Crippen molar-refractivity contribution in [2.75, 3.05) is 17.7 Å². The smallest absolute Gasteiger partial charge is 0.253 e. The molecule has 3 rings (SSSR count). The summed E-state index contributed by atoms with van der Waals surface area (Å²) in [7, 11) is -3.38. The minimum Gasteiger partial charge on any atom is -0.368 e. The van der Waals surface area contributed by atoms with Crippen molar-refractivity contribution in [3.05, 3.63) is 36.4 Å². The molecule has 1 aliphatic rings. The van der Waals surface area contributed by atoms with E-state index in [1.807, 2.05) is 6.07 Å². The third kappa shape index (κ3) is 4.02. The van der Waals surface area contributed by atoms with Crippen LogP contribution in [0.1, 0.15) is 19.8 Å². The quantitative estimate of drug-likeness (QED) is 0.875. The molecule has 2 heterocycles. The standard InChI is InChI=1S/C17H19N3O4S/c1-2-25(22,23)16-9-8-14(19-20-16)12-5-3-6-13(11-12)18-17(21)15-7-4-10-24-15/h3,5-6,8-9,11,15H,2,4,7,10H2,1H3,(H,18,21). The largest absolute Gasteiger partial charge is 0.368 e. The number of rotatable bonds is 5. The molecule has 8 heteroatoms. The van der Waals surface area contributed by atoms with Crippen LogP contribution in [0.4, 0.5) is 5.69 Å². The highest BCUT2D eigenvalue weighted by Gasteiger charge is 2.23. The van der Waals surface area contributed by atoms with E-state index in [0.717, 1.165) is 18.4 Å². The summed E-state index contributed by atoms with van der Waals surface area (Å²) in [6.45, 7) is 2.17. The number of carbonyl (C=O) groups is 1. The molecule has 1 saturated heterocycles. The number of aromatic nitrogens is 2. The fraction of sp³-hybridized carbons (Fsp3) is 0.353. The van der Waals surface area contributed by atoms with Crippen LogP contribution >= 0.6 is 0 Å². The molecule has 1 aliphatic heterocycles. The molecular formula is C17H19N3O4S. The maximum atomic E-state index is 12.1. The van der Waals surface area contributed by atoms with Crippen molar-refractivity contribution < 1.29 is 17.9 Å². The first kappa shape index (κ1) is 17.5. The van der Waals surface area contributed by atoms with Crippen LogP contribution in [0.25, 0.3) is 11.3 Å². The van der Waals surface area contributed by atoms with Crippen LogP contribution in [0.15, 0.2) is 41.4 Å². The van der Waals surface area contributed by atoms with Gasteiger partial charge in [0.25, 0.3) is 5.91 Å². The monoisotopic (exact) mass is 361 g/mol. The lowest BCUT2D eigenvalue weighted by molar-refractivity contribution is -0.124. The second kappa shape index (κ2) is 7.28. The van der Waals surface area contributed by atoms with Crippen molar-refractivity contribution in [3.8, 4) is 11.3 Å². The van der Waals surface area contributed by atoms with Gasteiger partial charge in [-0.05, 0) is 37.1 Å². The molecule has 1 aromatic heterocycles. The highest BCUT2D eigenvalue weighted by atomic mass is 32.2. The van der Waals surface area contributed by atoms with Gasteiger partial charge in [0.15, 0.2) is 14.9 Å². The SMILES string of the molecule is CCS(=O)(=O)c1ccc(-c2cccc(NC(=O)C3CCCO3)c2)nn1. The maximum Gasteiger partial charge on any atom is 0.253 e. The third-order valence-electron chi connectivity index (χ3n) is 3.99. The summed E-state index contributed by atoms with van der Waals surface area (Å²) < 4.78 is 28.9. The van der Waals surface area contributed by atoms with Gasteiger partial charge in [-0.3, -0.25) is 4.79 Å². The van der Waals surface area contributed by atoms with E-state index in [-0.39, 0.29) is 16.7 Å². The Hall–Kier alpha value is -2.32. The van der Waals surface area contributed by atoms with Crippen LogP contribution in [-0.4, -0.2) is 43.0 Å². The first-order valence-electron chi connectivity index (χ1n) is 8.09. The van der Waals surface area contributed by atoms with Gasteiger partial charge in [0.05, 0.1) is 11.4 Å². The predicted octanol–water partition coefficient (Wildman–Crippen LogP) is 2.05. The Bertz CT molecular complexity index is 860. The van der Waals surface area contributed by atoms with Crippen LogP contribution in [0, 0.1) is 0 Å². The topological polar surface area (TPSA) is 98.2 Å². The lowest BCUT2D eigenvalue weighted by atomic mass is 10.1. The van der Waals surface area contributed by atoms with Crippen LogP contribution < -0.4 is 5.32 Å². The van der Waals surface area contributed by atoms with Gasteiger partial charge in [0, 0.05) is 17.9 Å². The number of anilines is 1. The van der Waals surface area contributed by atoms with Crippen molar-refractivity contribution >= 4 is 21.4 Å².